The van der Waals surface area contributed by atoms with E-state index in [9.17, 15) is 0 Å². The molecular formula is C36H73. The molecule has 1 radical (unpaired) electrons. The van der Waals surface area contributed by atoms with Crippen molar-refractivity contribution in [2.24, 2.45) is 0 Å². The average molecular weight is 506 g/mol. The summed E-state index contributed by atoms with van der Waals surface area (Å²) in [6.07, 6.45) is 50.9. The third-order valence-corrected chi connectivity index (χ3v) is 8.27. The molecule has 0 N–H and O–H groups in total. The van der Waals surface area contributed by atoms with Gasteiger partial charge in [-0.05, 0) is 6.42 Å². The number of unbranched alkanes of at least 4 members (excludes halogenated alkanes) is 33. The van der Waals surface area contributed by atoms with Gasteiger partial charge in [-0.1, -0.05) is 226 Å². The Labute approximate surface area is 232 Å². The molecule has 0 aromatic carbocycles. The highest BCUT2D eigenvalue weighted by molar-refractivity contribution is 4.64. The Morgan fingerprint density at radius 2 is 0.389 bits per heavy atom. The summed E-state index contributed by atoms with van der Waals surface area (Å²) in [6.45, 7) is 4.61. The van der Waals surface area contributed by atoms with Crippen molar-refractivity contribution in [2.45, 2.75) is 226 Å². The summed E-state index contributed by atoms with van der Waals surface area (Å²) in [5.41, 5.74) is 0. The van der Waals surface area contributed by atoms with Gasteiger partial charge in [0.2, 0.25) is 0 Å². The number of hydrogen-bond acceptors (Lipinski definition) is 0. The summed E-state index contributed by atoms with van der Waals surface area (Å²) in [5.74, 6) is 0. The SMILES string of the molecule is CCCCCCCCCCCCCCC[CH]CCCCCCCCCCCCCCCCCCCC. The lowest BCUT2D eigenvalue weighted by molar-refractivity contribution is 0.523. The Bertz CT molecular complexity index is 312. The largest absolute Gasteiger partial charge is 0.0654 e. The summed E-state index contributed by atoms with van der Waals surface area (Å²) >= 11 is 0. The van der Waals surface area contributed by atoms with Crippen LogP contribution in [-0.4, -0.2) is 0 Å². The molecule has 0 saturated heterocycles. The van der Waals surface area contributed by atoms with Crippen LogP contribution in [0.4, 0.5) is 0 Å². The van der Waals surface area contributed by atoms with Gasteiger partial charge in [-0.3, -0.25) is 0 Å². The van der Waals surface area contributed by atoms with Crippen molar-refractivity contribution >= 4 is 0 Å². The van der Waals surface area contributed by atoms with Crippen molar-refractivity contribution in [3.8, 4) is 0 Å². The maximum atomic E-state index is 2.59. The van der Waals surface area contributed by atoms with Crippen LogP contribution >= 0.6 is 0 Å². The van der Waals surface area contributed by atoms with Crippen LogP contribution in [0.5, 0.6) is 0 Å². The molecule has 0 nitrogen and oxygen atoms in total. The molecule has 0 atom stereocenters. The molecule has 0 fully saturated rings. The minimum Gasteiger partial charge on any atom is -0.0654 e. The topological polar surface area (TPSA) is 0 Å². The summed E-state index contributed by atoms with van der Waals surface area (Å²) in [4.78, 5) is 0. The van der Waals surface area contributed by atoms with E-state index in [1.165, 1.54) is 212 Å². The molecule has 0 unspecified atom stereocenters. The molecule has 0 rings (SSSR count). The fourth-order valence-electron chi connectivity index (χ4n) is 5.64. The van der Waals surface area contributed by atoms with Crippen LogP contribution in [0.1, 0.15) is 226 Å². The Balaban J connectivity index is 3.00. The molecule has 0 heterocycles. The Kier molecular flexibility index (Phi) is 35.0. The summed E-state index contributed by atoms with van der Waals surface area (Å²) < 4.78 is 0. The molecule has 0 aliphatic heterocycles. The van der Waals surface area contributed by atoms with E-state index in [-0.39, 0.29) is 0 Å². The van der Waals surface area contributed by atoms with E-state index < -0.39 is 0 Å². The Morgan fingerprint density at radius 3 is 0.583 bits per heavy atom. The smallest absolute Gasteiger partial charge is 0.0386 e. The molecule has 0 aliphatic rings. The van der Waals surface area contributed by atoms with Crippen molar-refractivity contribution < 1.29 is 0 Å². The van der Waals surface area contributed by atoms with Gasteiger partial charge in [-0.2, -0.15) is 0 Å². The molecule has 0 saturated carbocycles. The zero-order valence-electron chi connectivity index (χ0n) is 25.9. The molecule has 0 heteroatoms. The second kappa shape index (κ2) is 35.0. The van der Waals surface area contributed by atoms with Gasteiger partial charge >= 0.3 is 0 Å². The van der Waals surface area contributed by atoms with Crippen LogP contribution in [0.2, 0.25) is 0 Å². The van der Waals surface area contributed by atoms with E-state index in [1.807, 2.05) is 0 Å². The number of rotatable bonds is 33. The Morgan fingerprint density at radius 1 is 0.222 bits per heavy atom. The normalized spacial score (nSPS) is 11.5. The maximum Gasteiger partial charge on any atom is -0.0386 e. The summed E-state index contributed by atoms with van der Waals surface area (Å²) in [6, 6.07) is 0. The Hall–Kier alpha value is 0. The second-order valence-electron chi connectivity index (χ2n) is 12.1. The van der Waals surface area contributed by atoms with Crippen molar-refractivity contribution in [3.63, 3.8) is 0 Å². The first kappa shape index (κ1) is 36.0. The molecular weight excluding hydrogens is 432 g/mol. The van der Waals surface area contributed by atoms with Gasteiger partial charge in [0.25, 0.3) is 0 Å². The minimum absolute atomic E-state index is 1.37. The van der Waals surface area contributed by atoms with E-state index in [2.05, 4.69) is 20.3 Å². The first-order chi connectivity index (χ1) is 17.9. The van der Waals surface area contributed by atoms with E-state index >= 15 is 0 Å². The van der Waals surface area contributed by atoms with Gasteiger partial charge in [0, 0.05) is 0 Å². The standard InChI is InChI=1S/C36H73/c1-3-5-7-9-11-13-15-17-19-21-23-25-27-29-31-33-35-36-34-32-30-28-26-24-22-20-18-16-14-12-10-8-6-4-2/h31H,3-30,32-36H2,1-2H3. The molecule has 0 amide bonds. The quantitative estimate of drug-likeness (QED) is 0.0778. The molecule has 217 valence electrons. The first-order valence-corrected chi connectivity index (χ1v) is 17.7. The fraction of sp³-hybridized carbons (Fsp3) is 0.972. The first-order valence-electron chi connectivity index (χ1n) is 17.7. The predicted molar refractivity (Wildman–Crippen MR) is 168 cm³/mol. The molecule has 0 bridgehead atoms. The third-order valence-electron chi connectivity index (χ3n) is 8.27. The molecule has 0 spiro atoms. The van der Waals surface area contributed by atoms with Crippen LogP contribution in [0.3, 0.4) is 0 Å². The van der Waals surface area contributed by atoms with Crippen LogP contribution in [0.15, 0.2) is 0 Å². The predicted octanol–water partition coefficient (Wildman–Crippen LogP) is 14.1. The van der Waals surface area contributed by atoms with E-state index in [0.29, 0.717) is 0 Å². The molecule has 36 heavy (non-hydrogen) atoms. The second-order valence-corrected chi connectivity index (χ2v) is 12.1. The highest BCUT2D eigenvalue weighted by Gasteiger charge is 1.97. The molecule has 0 aromatic heterocycles. The summed E-state index contributed by atoms with van der Waals surface area (Å²) in [5, 5.41) is 0. The number of hydrogen-bond donors (Lipinski definition) is 0. The van der Waals surface area contributed by atoms with Gasteiger partial charge in [0.15, 0.2) is 0 Å². The monoisotopic (exact) mass is 506 g/mol. The highest BCUT2D eigenvalue weighted by atomic mass is 14.0. The van der Waals surface area contributed by atoms with E-state index in [1.54, 1.807) is 0 Å². The zero-order chi connectivity index (χ0) is 26.0. The van der Waals surface area contributed by atoms with Gasteiger partial charge in [-0.25, -0.2) is 0 Å². The van der Waals surface area contributed by atoms with E-state index in [0.717, 1.165) is 0 Å². The van der Waals surface area contributed by atoms with Crippen LogP contribution in [0.25, 0.3) is 0 Å². The van der Waals surface area contributed by atoms with Gasteiger partial charge < -0.3 is 0 Å². The van der Waals surface area contributed by atoms with Crippen LogP contribution in [-0.2, 0) is 0 Å². The fourth-order valence-corrected chi connectivity index (χ4v) is 5.64. The van der Waals surface area contributed by atoms with Gasteiger partial charge in [0.1, 0.15) is 0 Å². The lowest BCUT2D eigenvalue weighted by Gasteiger charge is -2.04. The average Bonchev–Trinajstić information content (AvgIpc) is 2.89. The maximum absolute atomic E-state index is 2.59. The van der Waals surface area contributed by atoms with Crippen molar-refractivity contribution in [2.75, 3.05) is 0 Å². The van der Waals surface area contributed by atoms with Gasteiger partial charge in [-0.15, -0.1) is 0 Å². The zero-order valence-corrected chi connectivity index (χ0v) is 25.9. The lowest BCUT2D eigenvalue weighted by atomic mass is 10.0. The molecule has 0 aliphatic carbocycles. The minimum atomic E-state index is 1.37. The van der Waals surface area contributed by atoms with Crippen LogP contribution < -0.4 is 0 Å². The van der Waals surface area contributed by atoms with Crippen molar-refractivity contribution in [3.05, 3.63) is 6.42 Å². The molecule has 0 aromatic rings. The third kappa shape index (κ3) is 34.0. The van der Waals surface area contributed by atoms with Gasteiger partial charge in [0.05, 0.1) is 0 Å². The van der Waals surface area contributed by atoms with Crippen molar-refractivity contribution in [1.29, 1.82) is 0 Å². The summed E-state index contributed by atoms with van der Waals surface area (Å²) in [7, 11) is 0. The van der Waals surface area contributed by atoms with E-state index in [4.69, 9.17) is 0 Å². The lowest BCUT2D eigenvalue weighted by Crippen LogP contribution is -1.85. The van der Waals surface area contributed by atoms with Crippen molar-refractivity contribution in [1.82, 2.24) is 0 Å². The van der Waals surface area contributed by atoms with Crippen LogP contribution in [0, 0.1) is 6.42 Å². The highest BCUT2D eigenvalue weighted by Crippen LogP contribution is 2.16.